The van der Waals surface area contributed by atoms with E-state index in [4.69, 9.17) is 24.2 Å². The second-order valence-corrected chi connectivity index (χ2v) is 12.1. The number of nitrogens with one attached hydrogen (secondary N) is 1. The summed E-state index contributed by atoms with van der Waals surface area (Å²) in [6, 6.07) is 13.6. The highest BCUT2D eigenvalue weighted by Crippen LogP contribution is 2.37. The van der Waals surface area contributed by atoms with Gasteiger partial charge in [-0.15, -0.1) is 0 Å². The minimum absolute atomic E-state index is 0.112. The second-order valence-electron chi connectivity index (χ2n) is 9.65. The van der Waals surface area contributed by atoms with Crippen molar-refractivity contribution in [2.75, 3.05) is 43.6 Å². The molecule has 2 fully saturated rings. The number of benzene rings is 1. The molecule has 198 valence electrons. The average molecular weight is 533 g/mol. The first-order chi connectivity index (χ1) is 18.5. The molecule has 6 rings (SSSR count). The van der Waals surface area contributed by atoms with E-state index in [0.29, 0.717) is 23.9 Å². The molecule has 3 aromatic heterocycles. The Bertz CT molecular complexity index is 1540. The standard InChI is InChI=1S/C28H32N6O3S/c1-2-38(29,35)21-8-6-20(7-9-21)23-19-25(33-14-17-36-18-15-33)32-27-22(23)10-12-30-28(27)24-11-13-31-34(24)26-5-3-4-16-37-26/h6-13,19,26,29H,2-5,14-18H2,1H3. The third-order valence-corrected chi connectivity index (χ3v) is 9.19. The van der Waals surface area contributed by atoms with Crippen LogP contribution in [0.3, 0.4) is 0 Å². The fourth-order valence-corrected chi connectivity index (χ4v) is 6.10. The maximum Gasteiger partial charge on any atom is 0.150 e. The Balaban J connectivity index is 1.52. The minimum atomic E-state index is -2.78. The van der Waals surface area contributed by atoms with Gasteiger partial charge in [-0.25, -0.2) is 18.7 Å². The molecule has 2 aliphatic heterocycles. The highest BCUT2D eigenvalue weighted by Gasteiger charge is 2.23. The maximum absolute atomic E-state index is 12.6. The van der Waals surface area contributed by atoms with Crippen LogP contribution in [0, 0.1) is 4.78 Å². The summed E-state index contributed by atoms with van der Waals surface area (Å²) in [7, 11) is -2.78. The SMILES string of the molecule is CCS(=N)(=O)c1ccc(-c2cc(N3CCOCC3)nc3c(-c4ccnn4C4CCCCO4)nccc23)cc1. The molecule has 1 N–H and O–H groups in total. The van der Waals surface area contributed by atoms with Crippen LogP contribution >= 0.6 is 0 Å². The van der Waals surface area contributed by atoms with Crippen LogP contribution in [0.5, 0.6) is 0 Å². The molecule has 2 aliphatic rings. The van der Waals surface area contributed by atoms with E-state index < -0.39 is 9.73 Å². The summed E-state index contributed by atoms with van der Waals surface area (Å²) >= 11 is 0. The smallest absolute Gasteiger partial charge is 0.150 e. The normalized spacial score (nSPS) is 19.9. The van der Waals surface area contributed by atoms with Crippen LogP contribution in [0.4, 0.5) is 5.82 Å². The van der Waals surface area contributed by atoms with Gasteiger partial charge in [-0.1, -0.05) is 19.1 Å². The quantitative estimate of drug-likeness (QED) is 0.367. The second kappa shape index (κ2) is 10.4. The minimum Gasteiger partial charge on any atom is -0.378 e. The number of anilines is 1. The van der Waals surface area contributed by atoms with E-state index >= 15 is 0 Å². The van der Waals surface area contributed by atoms with Crippen LogP contribution in [0.1, 0.15) is 32.4 Å². The summed E-state index contributed by atoms with van der Waals surface area (Å²) in [5.74, 6) is 1.16. The number of nitrogens with zero attached hydrogens (tertiary/aromatic N) is 5. The largest absolute Gasteiger partial charge is 0.378 e. The first-order valence-electron chi connectivity index (χ1n) is 13.2. The van der Waals surface area contributed by atoms with Crippen LogP contribution in [0.15, 0.2) is 59.8 Å². The Morgan fingerprint density at radius 3 is 2.61 bits per heavy atom. The van der Waals surface area contributed by atoms with Crippen molar-refractivity contribution in [1.29, 1.82) is 4.78 Å². The molecule has 0 saturated carbocycles. The molecular weight excluding hydrogens is 500 g/mol. The molecule has 0 spiro atoms. The fourth-order valence-electron chi connectivity index (χ4n) is 5.19. The Labute approximate surface area is 222 Å². The zero-order valence-electron chi connectivity index (χ0n) is 21.5. The zero-order valence-corrected chi connectivity index (χ0v) is 22.3. The predicted octanol–water partition coefficient (Wildman–Crippen LogP) is 5.12. The number of fused-ring (bicyclic) bond motifs is 1. The van der Waals surface area contributed by atoms with Crippen molar-refractivity contribution in [3.8, 4) is 22.5 Å². The summed E-state index contributed by atoms with van der Waals surface area (Å²) < 4.78 is 34.4. The van der Waals surface area contributed by atoms with Gasteiger partial charge in [0.05, 0.1) is 28.6 Å². The van der Waals surface area contributed by atoms with E-state index in [1.54, 1.807) is 13.1 Å². The number of rotatable bonds is 6. The van der Waals surface area contributed by atoms with Crippen molar-refractivity contribution in [3.05, 3.63) is 54.9 Å². The number of aromatic nitrogens is 4. The van der Waals surface area contributed by atoms with Gasteiger partial charge in [0.25, 0.3) is 0 Å². The number of pyridine rings is 2. The van der Waals surface area contributed by atoms with E-state index in [1.807, 2.05) is 47.3 Å². The topological polar surface area (TPSA) is 106 Å². The number of hydrogen-bond acceptors (Lipinski definition) is 8. The van der Waals surface area contributed by atoms with Gasteiger partial charge in [-0.3, -0.25) is 4.98 Å². The van der Waals surface area contributed by atoms with Crippen molar-refractivity contribution in [3.63, 3.8) is 0 Å². The summed E-state index contributed by atoms with van der Waals surface area (Å²) in [6.45, 7) is 5.35. The molecule has 0 radical (unpaired) electrons. The highest BCUT2D eigenvalue weighted by atomic mass is 32.2. The van der Waals surface area contributed by atoms with Crippen molar-refractivity contribution < 1.29 is 13.7 Å². The molecular formula is C28H32N6O3S. The van der Waals surface area contributed by atoms with Crippen LogP contribution in [0.25, 0.3) is 33.4 Å². The molecule has 4 aromatic rings. The van der Waals surface area contributed by atoms with Crippen LogP contribution < -0.4 is 4.90 Å². The molecule has 0 amide bonds. The summed E-state index contributed by atoms with van der Waals surface area (Å²) in [6.07, 6.45) is 6.59. The van der Waals surface area contributed by atoms with E-state index in [9.17, 15) is 4.21 Å². The number of ether oxygens (including phenoxy) is 2. The van der Waals surface area contributed by atoms with Gasteiger partial charge >= 0.3 is 0 Å². The summed E-state index contributed by atoms with van der Waals surface area (Å²) in [5.41, 5.74) is 4.43. The molecule has 0 aliphatic carbocycles. The molecule has 9 nitrogen and oxygen atoms in total. The Kier molecular flexibility index (Phi) is 6.86. The maximum atomic E-state index is 12.6. The Morgan fingerprint density at radius 1 is 1.05 bits per heavy atom. The predicted molar refractivity (Wildman–Crippen MR) is 148 cm³/mol. The zero-order chi connectivity index (χ0) is 26.1. The lowest BCUT2D eigenvalue weighted by Crippen LogP contribution is -2.36. The van der Waals surface area contributed by atoms with E-state index in [1.165, 1.54) is 0 Å². The lowest BCUT2D eigenvalue weighted by Gasteiger charge is -2.29. The van der Waals surface area contributed by atoms with Gasteiger partial charge in [-0.2, -0.15) is 5.10 Å². The molecule has 1 aromatic carbocycles. The molecule has 2 saturated heterocycles. The van der Waals surface area contributed by atoms with Crippen molar-refractivity contribution in [2.24, 2.45) is 0 Å². The van der Waals surface area contributed by atoms with Crippen LogP contribution in [-0.4, -0.2) is 62.6 Å². The molecule has 10 heteroatoms. The molecule has 2 unspecified atom stereocenters. The Hall–Kier alpha value is -3.34. The van der Waals surface area contributed by atoms with Gasteiger partial charge < -0.3 is 14.4 Å². The van der Waals surface area contributed by atoms with Gasteiger partial charge in [0.2, 0.25) is 0 Å². The Morgan fingerprint density at radius 2 is 1.87 bits per heavy atom. The molecule has 38 heavy (non-hydrogen) atoms. The number of morpholine rings is 1. The monoisotopic (exact) mass is 532 g/mol. The first kappa shape index (κ1) is 25.0. The van der Waals surface area contributed by atoms with Gasteiger partial charge in [0.15, 0.2) is 6.23 Å². The average Bonchev–Trinajstić information content (AvgIpc) is 3.47. The van der Waals surface area contributed by atoms with Crippen molar-refractivity contribution >= 4 is 26.4 Å². The third-order valence-electron chi connectivity index (χ3n) is 7.34. The van der Waals surface area contributed by atoms with E-state index in [2.05, 4.69) is 16.1 Å². The van der Waals surface area contributed by atoms with Crippen molar-refractivity contribution in [2.45, 2.75) is 37.3 Å². The van der Waals surface area contributed by atoms with Gasteiger partial charge in [0, 0.05) is 48.1 Å². The highest BCUT2D eigenvalue weighted by molar-refractivity contribution is 7.92. The van der Waals surface area contributed by atoms with E-state index in [-0.39, 0.29) is 6.23 Å². The lowest BCUT2D eigenvalue weighted by atomic mass is 10.00. The molecule has 5 heterocycles. The van der Waals surface area contributed by atoms with Crippen molar-refractivity contribution in [1.82, 2.24) is 19.7 Å². The fraction of sp³-hybridized carbons (Fsp3) is 0.393. The van der Waals surface area contributed by atoms with Gasteiger partial charge in [-0.05, 0) is 60.7 Å². The van der Waals surface area contributed by atoms with E-state index in [0.717, 1.165) is 78.2 Å². The summed E-state index contributed by atoms with van der Waals surface area (Å²) in [5, 5.41) is 5.58. The van der Waals surface area contributed by atoms with Crippen LogP contribution in [0.2, 0.25) is 0 Å². The lowest BCUT2D eigenvalue weighted by molar-refractivity contribution is -0.0383. The van der Waals surface area contributed by atoms with Gasteiger partial charge in [0.1, 0.15) is 17.0 Å². The molecule has 0 bridgehead atoms. The number of hydrogen-bond donors (Lipinski definition) is 1. The summed E-state index contributed by atoms with van der Waals surface area (Å²) in [4.78, 5) is 12.7. The third kappa shape index (κ3) is 4.68. The first-order valence-corrected chi connectivity index (χ1v) is 14.9. The van der Waals surface area contributed by atoms with Crippen LogP contribution in [-0.2, 0) is 19.2 Å². The molecule has 2 atom stereocenters.